The first-order valence-corrected chi connectivity index (χ1v) is 3.54. The number of aromatic hydroxyl groups is 1. The molecule has 1 nitrogen and oxygen atoms in total. The number of phenols is 1. The van der Waals surface area contributed by atoms with Crippen LogP contribution in [0.1, 0.15) is 0 Å². The van der Waals surface area contributed by atoms with Gasteiger partial charge in [-0.25, -0.2) is 0 Å². The number of phenolic OH excluding ortho intramolecular Hbond substituents is 1. The molecule has 0 aromatic heterocycles. The van der Waals surface area contributed by atoms with Crippen molar-refractivity contribution in [1.82, 2.24) is 0 Å². The summed E-state index contributed by atoms with van der Waals surface area (Å²) in [4.78, 5) is 0. The van der Waals surface area contributed by atoms with Gasteiger partial charge in [-0.1, -0.05) is 0 Å². The summed E-state index contributed by atoms with van der Waals surface area (Å²) in [6.45, 7) is 0. The van der Waals surface area contributed by atoms with Crippen LogP contribution in [0.3, 0.4) is 0 Å². The van der Waals surface area contributed by atoms with E-state index in [4.69, 9.17) is 5.11 Å². The number of benzene rings is 1. The van der Waals surface area contributed by atoms with Gasteiger partial charge in [0.05, 0.1) is 0 Å². The van der Waals surface area contributed by atoms with Crippen LogP contribution in [0.4, 0.5) is 0 Å². The predicted molar refractivity (Wildman–Crippen MR) is 33.5 cm³/mol. The van der Waals surface area contributed by atoms with Gasteiger partial charge in [0.15, 0.2) is 0 Å². The third kappa shape index (κ3) is 1.32. The van der Waals surface area contributed by atoms with E-state index in [2.05, 4.69) is 0 Å². The normalized spacial score (nSPS) is 9.00. The first kappa shape index (κ1) is 5.79. The molecule has 0 saturated carbocycles. The summed E-state index contributed by atoms with van der Waals surface area (Å²) in [6.07, 6.45) is 0. The molecule has 0 atom stereocenters. The first-order chi connectivity index (χ1) is 3.79. The van der Waals surface area contributed by atoms with E-state index in [0.717, 1.165) is 0 Å². The SMILES string of the molecule is Oc1cc[c]([Ga])cc1. The maximum absolute atomic E-state index is 8.76. The number of rotatable bonds is 0. The van der Waals surface area contributed by atoms with Gasteiger partial charge in [0.25, 0.3) is 0 Å². The van der Waals surface area contributed by atoms with Crippen molar-refractivity contribution in [3.05, 3.63) is 24.3 Å². The van der Waals surface area contributed by atoms with Crippen molar-refractivity contribution in [2.45, 2.75) is 0 Å². The molecule has 0 aliphatic carbocycles. The van der Waals surface area contributed by atoms with Crippen molar-refractivity contribution in [3.63, 3.8) is 0 Å². The molecule has 0 bridgehead atoms. The van der Waals surface area contributed by atoms with E-state index < -0.39 is 0 Å². The monoisotopic (exact) mass is 162 g/mol. The third-order valence-electron chi connectivity index (χ3n) is 0.893. The maximum atomic E-state index is 8.76. The second kappa shape index (κ2) is 2.28. The predicted octanol–water partition coefficient (Wildman–Crippen LogP) is 0.186. The fourth-order valence-corrected chi connectivity index (χ4v) is 0.878. The molecule has 0 saturated heterocycles. The van der Waals surface area contributed by atoms with Gasteiger partial charge in [-0.2, -0.15) is 0 Å². The molecule has 38 valence electrons. The molecule has 1 N–H and O–H groups in total. The van der Waals surface area contributed by atoms with Gasteiger partial charge in [0, 0.05) is 0 Å². The van der Waals surface area contributed by atoms with Crippen molar-refractivity contribution >= 4 is 22.7 Å². The standard InChI is InChI=1S/C6H5O.Ga/c7-6-4-2-1-3-5-6;/h2-5,7H;. The van der Waals surface area contributed by atoms with Crippen molar-refractivity contribution in [2.24, 2.45) is 0 Å². The molecule has 1 aromatic rings. The van der Waals surface area contributed by atoms with Crippen molar-refractivity contribution < 1.29 is 5.11 Å². The summed E-state index contributed by atoms with van der Waals surface area (Å²) >= 11 is 1.57. The van der Waals surface area contributed by atoms with Crippen LogP contribution < -0.4 is 4.12 Å². The van der Waals surface area contributed by atoms with Crippen LogP contribution in [0, 0.1) is 0 Å². The minimum atomic E-state index is 0.339. The molecule has 8 heavy (non-hydrogen) atoms. The Bertz CT molecular complexity index is 147. The molecule has 0 aliphatic heterocycles. The second-order valence-corrected chi connectivity index (χ2v) is 2.99. The summed E-state index contributed by atoms with van der Waals surface area (Å²) in [6, 6.07) is 7.18. The van der Waals surface area contributed by atoms with Crippen LogP contribution in [0.25, 0.3) is 0 Å². The second-order valence-electron chi connectivity index (χ2n) is 1.59. The Kier molecular flexibility index (Phi) is 1.65. The zero-order valence-corrected chi connectivity index (χ0v) is 6.76. The first-order valence-electron chi connectivity index (χ1n) is 2.33. The molecule has 1 rings (SSSR count). The summed E-state index contributed by atoms with van der Waals surface area (Å²) in [5.41, 5.74) is 0. The molecule has 0 heterocycles. The van der Waals surface area contributed by atoms with Crippen LogP contribution in [-0.4, -0.2) is 23.7 Å². The van der Waals surface area contributed by atoms with E-state index in [1.54, 1.807) is 30.7 Å². The van der Waals surface area contributed by atoms with Crippen molar-refractivity contribution in [3.8, 4) is 5.75 Å². The van der Waals surface area contributed by atoms with E-state index in [-0.39, 0.29) is 0 Å². The Labute approximate surface area is 58.3 Å². The van der Waals surface area contributed by atoms with Gasteiger partial charge < -0.3 is 0 Å². The van der Waals surface area contributed by atoms with Crippen LogP contribution in [0.2, 0.25) is 0 Å². The number of hydrogen-bond acceptors (Lipinski definition) is 1. The van der Waals surface area contributed by atoms with Crippen LogP contribution in [0.5, 0.6) is 5.75 Å². The quantitative estimate of drug-likeness (QED) is 0.541. The Morgan fingerprint density at radius 1 is 1.12 bits per heavy atom. The van der Waals surface area contributed by atoms with Crippen LogP contribution in [0.15, 0.2) is 24.3 Å². The summed E-state index contributed by atoms with van der Waals surface area (Å²) < 4.78 is 1.23. The Morgan fingerprint density at radius 2 is 1.62 bits per heavy atom. The van der Waals surface area contributed by atoms with Crippen molar-refractivity contribution in [2.75, 3.05) is 0 Å². The molecule has 0 amide bonds. The Morgan fingerprint density at radius 3 is 2.00 bits per heavy atom. The fourth-order valence-electron chi connectivity index (χ4n) is 0.474. The fraction of sp³-hybridized carbons (Fsp3) is 0. The van der Waals surface area contributed by atoms with Gasteiger partial charge in [-0.05, 0) is 0 Å². The molecule has 0 aliphatic rings. The molecular formula is C6H5GaO. The van der Waals surface area contributed by atoms with E-state index in [1.165, 1.54) is 4.12 Å². The average molecular weight is 163 g/mol. The van der Waals surface area contributed by atoms with Crippen LogP contribution >= 0.6 is 0 Å². The molecular weight excluding hydrogens is 158 g/mol. The van der Waals surface area contributed by atoms with Gasteiger partial charge in [0.1, 0.15) is 0 Å². The van der Waals surface area contributed by atoms with E-state index in [1.807, 2.05) is 12.1 Å². The molecule has 0 fully saturated rings. The van der Waals surface area contributed by atoms with E-state index in [9.17, 15) is 0 Å². The van der Waals surface area contributed by atoms with Gasteiger partial charge in [-0.3, -0.25) is 0 Å². The third-order valence-corrected chi connectivity index (χ3v) is 1.70. The number of hydrogen-bond donors (Lipinski definition) is 1. The van der Waals surface area contributed by atoms with E-state index >= 15 is 0 Å². The van der Waals surface area contributed by atoms with Gasteiger partial charge in [-0.15, -0.1) is 0 Å². The molecule has 0 unspecified atom stereocenters. The van der Waals surface area contributed by atoms with Gasteiger partial charge >= 0.3 is 57.8 Å². The van der Waals surface area contributed by atoms with Gasteiger partial charge in [0.2, 0.25) is 0 Å². The Balaban J connectivity index is 3.03. The zero-order valence-electron chi connectivity index (χ0n) is 4.33. The summed E-state index contributed by atoms with van der Waals surface area (Å²) in [7, 11) is 0. The molecule has 1 aromatic carbocycles. The summed E-state index contributed by atoms with van der Waals surface area (Å²) in [5, 5.41) is 8.76. The zero-order chi connectivity index (χ0) is 5.98. The average Bonchev–Trinajstić information content (AvgIpc) is 1.77. The minimum absolute atomic E-state index is 0.339. The van der Waals surface area contributed by atoms with Crippen LogP contribution in [-0.2, 0) is 0 Å². The molecule has 2 heteroatoms. The molecule has 2 radical (unpaired) electrons. The summed E-state index contributed by atoms with van der Waals surface area (Å²) in [5.74, 6) is 0.339. The molecule has 0 spiro atoms. The topological polar surface area (TPSA) is 20.2 Å². The van der Waals surface area contributed by atoms with Crippen molar-refractivity contribution in [1.29, 1.82) is 0 Å². The Hall–Kier alpha value is -0.344. The van der Waals surface area contributed by atoms with E-state index in [0.29, 0.717) is 5.75 Å².